The van der Waals surface area contributed by atoms with Crippen LogP contribution in [0.3, 0.4) is 0 Å². The van der Waals surface area contributed by atoms with Crippen LogP contribution in [0.4, 0.5) is 0 Å². The lowest BCUT2D eigenvalue weighted by Crippen LogP contribution is -2.46. The van der Waals surface area contributed by atoms with Crippen molar-refractivity contribution in [3.63, 3.8) is 0 Å². The van der Waals surface area contributed by atoms with Crippen LogP contribution in [0.15, 0.2) is 0 Å². The minimum Gasteiger partial charge on any atom is -0.314 e. The molecule has 2 aliphatic carbocycles. The number of nitrogens with one attached hydrogen (secondary N) is 1. The fourth-order valence-electron chi connectivity index (χ4n) is 4.85. The van der Waals surface area contributed by atoms with E-state index in [-0.39, 0.29) is 0 Å². The Balaban J connectivity index is 2.00. The maximum absolute atomic E-state index is 3.88. The average molecular weight is 265 g/mol. The van der Waals surface area contributed by atoms with Gasteiger partial charge < -0.3 is 5.32 Å². The second-order valence-electron chi connectivity index (χ2n) is 7.76. The summed E-state index contributed by atoms with van der Waals surface area (Å²) >= 11 is 0. The van der Waals surface area contributed by atoms with Gasteiger partial charge in [-0.05, 0) is 55.4 Å². The Kier molecular flexibility index (Phi) is 5.34. The first-order valence-corrected chi connectivity index (χ1v) is 8.81. The number of hydrogen-bond acceptors (Lipinski definition) is 1. The molecule has 0 aromatic heterocycles. The number of rotatable bonds is 5. The van der Waals surface area contributed by atoms with Gasteiger partial charge in [-0.3, -0.25) is 0 Å². The first-order chi connectivity index (χ1) is 9.08. The molecule has 0 aliphatic heterocycles. The molecular weight excluding hydrogens is 230 g/mol. The predicted octanol–water partition coefficient (Wildman–Crippen LogP) is 5.01. The van der Waals surface area contributed by atoms with Gasteiger partial charge >= 0.3 is 0 Å². The molecule has 0 heterocycles. The largest absolute Gasteiger partial charge is 0.314 e. The smallest absolute Gasteiger partial charge is 0.0129 e. The molecule has 2 fully saturated rings. The van der Waals surface area contributed by atoms with Crippen LogP contribution < -0.4 is 5.32 Å². The minimum atomic E-state index is 0.564. The highest BCUT2D eigenvalue weighted by atomic mass is 14.9. The van der Waals surface area contributed by atoms with Crippen LogP contribution in [-0.4, -0.2) is 12.6 Å². The zero-order valence-electron chi connectivity index (χ0n) is 13.7. The third-order valence-corrected chi connectivity index (χ3v) is 6.19. The molecule has 2 unspecified atom stereocenters. The minimum absolute atomic E-state index is 0.564. The van der Waals surface area contributed by atoms with E-state index < -0.39 is 0 Å². The van der Waals surface area contributed by atoms with Crippen molar-refractivity contribution in [3.05, 3.63) is 0 Å². The van der Waals surface area contributed by atoms with Gasteiger partial charge in [0.25, 0.3) is 0 Å². The fourth-order valence-corrected chi connectivity index (χ4v) is 4.85. The van der Waals surface area contributed by atoms with Crippen molar-refractivity contribution in [2.24, 2.45) is 23.2 Å². The molecule has 0 saturated heterocycles. The number of hydrogen-bond donors (Lipinski definition) is 1. The second kappa shape index (κ2) is 6.61. The molecule has 112 valence electrons. The highest BCUT2D eigenvalue weighted by Gasteiger charge is 2.42. The Morgan fingerprint density at radius 3 is 2.21 bits per heavy atom. The lowest BCUT2D eigenvalue weighted by Gasteiger charge is -2.42. The van der Waals surface area contributed by atoms with Gasteiger partial charge in [0.05, 0.1) is 0 Å². The third-order valence-electron chi connectivity index (χ3n) is 6.19. The van der Waals surface area contributed by atoms with Crippen molar-refractivity contribution in [1.82, 2.24) is 5.32 Å². The average Bonchev–Trinajstić information content (AvgIpc) is 2.76. The Hall–Kier alpha value is -0.0400. The van der Waals surface area contributed by atoms with Crippen molar-refractivity contribution in [2.75, 3.05) is 6.54 Å². The van der Waals surface area contributed by atoms with Gasteiger partial charge in [-0.25, -0.2) is 0 Å². The van der Waals surface area contributed by atoms with Crippen molar-refractivity contribution in [1.29, 1.82) is 0 Å². The second-order valence-corrected chi connectivity index (χ2v) is 7.76. The molecule has 0 amide bonds. The third kappa shape index (κ3) is 3.54. The van der Waals surface area contributed by atoms with E-state index in [9.17, 15) is 0 Å². The monoisotopic (exact) mass is 265 g/mol. The Morgan fingerprint density at radius 2 is 1.74 bits per heavy atom. The summed E-state index contributed by atoms with van der Waals surface area (Å²) in [5.74, 6) is 2.89. The van der Waals surface area contributed by atoms with Gasteiger partial charge in [-0.1, -0.05) is 53.4 Å². The van der Waals surface area contributed by atoms with E-state index in [2.05, 4.69) is 33.0 Å². The summed E-state index contributed by atoms with van der Waals surface area (Å²) < 4.78 is 0. The van der Waals surface area contributed by atoms with Crippen LogP contribution in [0, 0.1) is 23.2 Å². The lowest BCUT2D eigenvalue weighted by molar-refractivity contribution is 0.119. The van der Waals surface area contributed by atoms with Crippen molar-refractivity contribution >= 4 is 0 Å². The molecule has 0 spiro atoms. The van der Waals surface area contributed by atoms with E-state index in [1.54, 1.807) is 0 Å². The van der Waals surface area contributed by atoms with Gasteiger partial charge in [0.1, 0.15) is 0 Å². The normalized spacial score (nSPS) is 36.3. The van der Waals surface area contributed by atoms with E-state index in [1.807, 2.05) is 0 Å². The highest BCUT2D eigenvalue weighted by Crippen LogP contribution is 2.48. The van der Waals surface area contributed by atoms with Gasteiger partial charge in [-0.15, -0.1) is 0 Å². The van der Waals surface area contributed by atoms with Gasteiger partial charge in [0.15, 0.2) is 0 Å². The van der Waals surface area contributed by atoms with E-state index >= 15 is 0 Å². The molecule has 0 aromatic carbocycles. The van der Waals surface area contributed by atoms with E-state index in [0.717, 1.165) is 30.3 Å². The van der Waals surface area contributed by atoms with Gasteiger partial charge in [-0.2, -0.15) is 0 Å². The first-order valence-electron chi connectivity index (χ1n) is 8.81. The van der Waals surface area contributed by atoms with Crippen LogP contribution >= 0.6 is 0 Å². The van der Waals surface area contributed by atoms with Crippen LogP contribution in [-0.2, 0) is 0 Å². The molecular formula is C18H35N. The molecule has 0 radical (unpaired) electrons. The topological polar surface area (TPSA) is 12.0 Å². The van der Waals surface area contributed by atoms with Crippen molar-refractivity contribution < 1.29 is 0 Å². The molecule has 2 rings (SSSR count). The molecule has 0 bridgehead atoms. The lowest BCUT2D eigenvalue weighted by atomic mass is 9.68. The molecule has 1 N–H and O–H groups in total. The Labute approximate surface area is 120 Å². The molecule has 0 aromatic rings. The summed E-state index contributed by atoms with van der Waals surface area (Å²) in [6, 6.07) is 0.792. The molecule has 2 saturated carbocycles. The molecule has 2 atom stereocenters. The van der Waals surface area contributed by atoms with E-state index in [1.165, 1.54) is 51.4 Å². The standard InChI is InChI=1S/C18H35N/c1-5-14-9-11-15(12-10-14)17(19-6-2)16-8-7-13-18(16,3)4/h14-17,19H,5-13H2,1-4H3. The summed E-state index contributed by atoms with van der Waals surface area (Å²) in [6.45, 7) is 10.8. The zero-order valence-corrected chi connectivity index (χ0v) is 13.7. The van der Waals surface area contributed by atoms with Crippen LogP contribution in [0.25, 0.3) is 0 Å². The molecule has 19 heavy (non-hydrogen) atoms. The van der Waals surface area contributed by atoms with Crippen LogP contribution in [0.1, 0.15) is 79.1 Å². The maximum atomic E-state index is 3.88. The summed E-state index contributed by atoms with van der Waals surface area (Å²) in [4.78, 5) is 0. The molecule has 1 nitrogen and oxygen atoms in total. The quantitative estimate of drug-likeness (QED) is 0.737. The van der Waals surface area contributed by atoms with Crippen LogP contribution in [0.5, 0.6) is 0 Å². The summed E-state index contributed by atoms with van der Waals surface area (Å²) in [7, 11) is 0. The molecule has 2 aliphatic rings. The maximum Gasteiger partial charge on any atom is 0.0129 e. The summed E-state index contributed by atoms with van der Waals surface area (Å²) in [6.07, 6.45) is 11.7. The predicted molar refractivity (Wildman–Crippen MR) is 84.3 cm³/mol. The Bertz CT molecular complexity index is 263. The Morgan fingerprint density at radius 1 is 1.05 bits per heavy atom. The van der Waals surface area contributed by atoms with Gasteiger partial charge in [0.2, 0.25) is 0 Å². The molecule has 1 heteroatoms. The highest BCUT2D eigenvalue weighted by molar-refractivity contribution is 4.96. The van der Waals surface area contributed by atoms with Crippen molar-refractivity contribution in [3.8, 4) is 0 Å². The zero-order chi connectivity index (χ0) is 13.9. The first kappa shape index (κ1) is 15.4. The SMILES string of the molecule is CCNC(C1CCC(CC)CC1)C1CCCC1(C)C. The van der Waals surface area contributed by atoms with Crippen molar-refractivity contribution in [2.45, 2.75) is 85.1 Å². The van der Waals surface area contributed by atoms with Crippen LogP contribution in [0.2, 0.25) is 0 Å². The van der Waals surface area contributed by atoms with Gasteiger partial charge in [0, 0.05) is 6.04 Å². The van der Waals surface area contributed by atoms with E-state index in [0.29, 0.717) is 5.41 Å². The van der Waals surface area contributed by atoms with E-state index in [4.69, 9.17) is 0 Å². The fraction of sp³-hybridized carbons (Fsp3) is 1.00. The summed E-state index contributed by atoms with van der Waals surface area (Å²) in [5, 5.41) is 3.88. The summed E-state index contributed by atoms with van der Waals surface area (Å²) in [5.41, 5.74) is 0.564.